The van der Waals surface area contributed by atoms with Crippen molar-refractivity contribution in [2.75, 3.05) is 6.54 Å². The topological polar surface area (TPSA) is 26.0 Å². The zero-order valence-electron chi connectivity index (χ0n) is 11.2. The molecule has 0 amide bonds. The van der Waals surface area contributed by atoms with E-state index in [1.165, 1.54) is 18.2 Å². The summed E-state index contributed by atoms with van der Waals surface area (Å²) in [6.45, 7) is 0.236. The van der Waals surface area contributed by atoms with Crippen LogP contribution < -0.4 is 5.73 Å². The summed E-state index contributed by atoms with van der Waals surface area (Å²) in [5.74, 6) is -0.598. The van der Waals surface area contributed by atoms with E-state index in [0.29, 0.717) is 17.5 Å². The van der Waals surface area contributed by atoms with E-state index in [0.717, 1.165) is 12.1 Å². The van der Waals surface area contributed by atoms with Gasteiger partial charge in [-0.25, -0.2) is 4.39 Å². The summed E-state index contributed by atoms with van der Waals surface area (Å²) in [4.78, 5) is 0. The molecule has 2 aromatic carbocycles. The Bertz CT molecular complexity index is 607. The molecule has 0 saturated carbocycles. The third-order valence-electron chi connectivity index (χ3n) is 3.34. The van der Waals surface area contributed by atoms with Crippen molar-refractivity contribution < 1.29 is 17.6 Å². The number of hydrogen-bond acceptors (Lipinski definition) is 1. The lowest BCUT2D eigenvalue weighted by Crippen LogP contribution is -2.15. The van der Waals surface area contributed by atoms with Crippen LogP contribution in [0.15, 0.2) is 48.5 Å². The van der Waals surface area contributed by atoms with Gasteiger partial charge in [0.05, 0.1) is 5.56 Å². The van der Waals surface area contributed by atoms with Crippen LogP contribution in [0.1, 0.15) is 22.6 Å². The Morgan fingerprint density at radius 2 is 1.71 bits per heavy atom. The van der Waals surface area contributed by atoms with E-state index in [2.05, 4.69) is 0 Å². The molecule has 0 aliphatic carbocycles. The minimum Gasteiger partial charge on any atom is -0.330 e. The highest BCUT2D eigenvalue weighted by Crippen LogP contribution is 2.30. The van der Waals surface area contributed by atoms with Gasteiger partial charge in [0.2, 0.25) is 0 Å². The fourth-order valence-corrected chi connectivity index (χ4v) is 2.26. The Hall–Kier alpha value is -1.88. The van der Waals surface area contributed by atoms with Crippen molar-refractivity contribution in [2.24, 2.45) is 5.73 Å². The molecule has 0 fully saturated rings. The van der Waals surface area contributed by atoms with E-state index in [4.69, 9.17) is 5.73 Å². The van der Waals surface area contributed by atoms with Gasteiger partial charge in [0.1, 0.15) is 5.82 Å². The van der Waals surface area contributed by atoms with Crippen LogP contribution in [0.25, 0.3) is 0 Å². The van der Waals surface area contributed by atoms with Crippen molar-refractivity contribution in [2.45, 2.75) is 18.5 Å². The quantitative estimate of drug-likeness (QED) is 0.844. The van der Waals surface area contributed by atoms with Crippen molar-refractivity contribution in [1.29, 1.82) is 0 Å². The number of nitrogens with two attached hydrogens (primary N) is 1. The summed E-state index contributed by atoms with van der Waals surface area (Å²) in [5.41, 5.74) is 6.22. The van der Waals surface area contributed by atoms with Crippen molar-refractivity contribution in [1.82, 2.24) is 0 Å². The highest BCUT2D eigenvalue weighted by Gasteiger charge is 2.30. The molecule has 1 nitrogen and oxygen atoms in total. The Kier molecular flexibility index (Phi) is 4.63. The van der Waals surface area contributed by atoms with Crippen molar-refractivity contribution in [3.8, 4) is 0 Å². The molecule has 0 radical (unpaired) electrons. The maximum absolute atomic E-state index is 13.2. The van der Waals surface area contributed by atoms with Gasteiger partial charge < -0.3 is 5.73 Å². The second-order valence-electron chi connectivity index (χ2n) is 4.89. The van der Waals surface area contributed by atoms with Crippen LogP contribution in [0, 0.1) is 5.82 Å². The van der Waals surface area contributed by atoms with Crippen molar-refractivity contribution in [3.63, 3.8) is 0 Å². The first kappa shape index (κ1) is 15.5. The molecule has 112 valence electrons. The second-order valence-corrected chi connectivity index (χ2v) is 4.89. The van der Waals surface area contributed by atoms with Crippen molar-refractivity contribution in [3.05, 3.63) is 71.0 Å². The van der Waals surface area contributed by atoms with Gasteiger partial charge in [0, 0.05) is 5.92 Å². The molecule has 21 heavy (non-hydrogen) atoms. The normalized spacial score (nSPS) is 13.2. The first-order valence-electron chi connectivity index (χ1n) is 6.52. The molecule has 5 heteroatoms. The summed E-state index contributed by atoms with van der Waals surface area (Å²) in [6.07, 6.45) is -4.03. The lowest BCUT2D eigenvalue weighted by Gasteiger charge is -2.16. The highest BCUT2D eigenvalue weighted by molar-refractivity contribution is 5.29. The van der Waals surface area contributed by atoms with E-state index < -0.39 is 11.7 Å². The van der Waals surface area contributed by atoms with Crippen LogP contribution in [-0.4, -0.2) is 6.54 Å². The summed E-state index contributed by atoms with van der Waals surface area (Å²) < 4.78 is 51.3. The fourth-order valence-electron chi connectivity index (χ4n) is 2.26. The lowest BCUT2D eigenvalue weighted by atomic mass is 9.91. The maximum atomic E-state index is 13.2. The van der Waals surface area contributed by atoms with Crippen LogP contribution in [0.3, 0.4) is 0 Å². The SMILES string of the molecule is NCC(Cc1cccc(C(F)(F)F)c1)c1cccc(F)c1. The van der Waals surface area contributed by atoms with Gasteiger partial charge in [-0.15, -0.1) is 0 Å². The summed E-state index contributed by atoms with van der Waals surface area (Å²) >= 11 is 0. The predicted molar refractivity (Wildman–Crippen MR) is 73.3 cm³/mol. The van der Waals surface area contributed by atoms with Crippen LogP contribution in [0.2, 0.25) is 0 Å². The minimum absolute atomic E-state index is 0.218. The molecule has 2 aromatic rings. The zero-order chi connectivity index (χ0) is 15.5. The smallest absolute Gasteiger partial charge is 0.330 e. The van der Waals surface area contributed by atoms with Crippen LogP contribution in [0.4, 0.5) is 17.6 Å². The van der Waals surface area contributed by atoms with Crippen LogP contribution in [-0.2, 0) is 12.6 Å². The third-order valence-corrected chi connectivity index (χ3v) is 3.34. The number of hydrogen-bond donors (Lipinski definition) is 1. The average Bonchev–Trinajstić information content (AvgIpc) is 2.44. The third kappa shape index (κ3) is 4.04. The fraction of sp³-hybridized carbons (Fsp3) is 0.250. The van der Waals surface area contributed by atoms with Crippen molar-refractivity contribution >= 4 is 0 Å². The Balaban J connectivity index is 2.23. The van der Waals surface area contributed by atoms with E-state index in [9.17, 15) is 17.6 Å². The molecule has 0 aliphatic rings. The molecule has 2 rings (SSSR count). The molecule has 0 saturated heterocycles. The molecule has 1 unspecified atom stereocenters. The lowest BCUT2D eigenvalue weighted by molar-refractivity contribution is -0.137. The van der Waals surface area contributed by atoms with E-state index in [1.54, 1.807) is 18.2 Å². The maximum Gasteiger partial charge on any atom is 0.416 e. The van der Waals surface area contributed by atoms with Gasteiger partial charge in [0.25, 0.3) is 0 Å². The predicted octanol–water partition coefficient (Wildman–Crippen LogP) is 4.13. The minimum atomic E-state index is -4.37. The van der Waals surface area contributed by atoms with Gasteiger partial charge in [-0.3, -0.25) is 0 Å². The van der Waals surface area contributed by atoms with E-state index >= 15 is 0 Å². The molecule has 0 aliphatic heterocycles. The molecule has 0 bridgehead atoms. The van der Waals surface area contributed by atoms with Gasteiger partial charge in [-0.05, 0) is 42.3 Å². The second kappa shape index (κ2) is 6.26. The molecule has 0 spiro atoms. The number of alkyl halides is 3. The zero-order valence-corrected chi connectivity index (χ0v) is 11.2. The molecule has 2 N–H and O–H groups in total. The Morgan fingerprint density at radius 1 is 1.00 bits per heavy atom. The number of benzene rings is 2. The average molecular weight is 297 g/mol. The number of rotatable bonds is 4. The first-order chi connectivity index (χ1) is 9.90. The summed E-state index contributed by atoms with van der Waals surface area (Å²) in [6, 6.07) is 11.1. The molecule has 0 aromatic heterocycles. The van der Waals surface area contributed by atoms with Gasteiger partial charge in [-0.1, -0.05) is 30.3 Å². The van der Waals surface area contributed by atoms with Gasteiger partial charge in [-0.2, -0.15) is 13.2 Å². The van der Waals surface area contributed by atoms with E-state index in [-0.39, 0.29) is 18.3 Å². The summed E-state index contributed by atoms with van der Waals surface area (Å²) in [5, 5.41) is 0. The van der Waals surface area contributed by atoms with E-state index in [1.807, 2.05) is 0 Å². The van der Waals surface area contributed by atoms with Gasteiger partial charge >= 0.3 is 6.18 Å². The van der Waals surface area contributed by atoms with Crippen LogP contribution >= 0.6 is 0 Å². The summed E-state index contributed by atoms with van der Waals surface area (Å²) in [7, 11) is 0. The molecular weight excluding hydrogens is 282 g/mol. The standard InChI is InChI=1S/C16H15F4N/c17-15-6-2-4-12(9-15)13(10-21)7-11-3-1-5-14(8-11)16(18,19)20/h1-6,8-9,13H,7,10,21H2. The van der Waals surface area contributed by atoms with Crippen LogP contribution in [0.5, 0.6) is 0 Å². The largest absolute Gasteiger partial charge is 0.416 e. The number of halogens is 4. The monoisotopic (exact) mass is 297 g/mol. The first-order valence-corrected chi connectivity index (χ1v) is 6.52. The van der Waals surface area contributed by atoms with Gasteiger partial charge in [0.15, 0.2) is 0 Å². The Labute approximate surface area is 120 Å². The molecule has 1 atom stereocenters. The Morgan fingerprint density at radius 3 is 2.33 bits per heavy atom. The highest BCUT2D eigenvalue weighted by atomic mass is 19.4. The molecule has 0 heterocycles. The molecular formula is C16H15F4N.